The van der Waals surface area contributed by atoms with Crippen LogP contribution >= 0.6 is 0 Å². The van der Waals surface area contributed by atoms with Crippen LogP contribution in [0.3, 0.4) is 0 Å². The third-order valence-corrected chi connectivity index (χ3v) is 5.60. The van der Waals surface area contributed by atoms with Gasteiger partial charge in [0.05, 0.1) is 12.5 Å². The molecule has 5 rings (SSSR count). The van der Waals surface area contributed by atoms with Gasteiger partial charge in [0.1, 0.15) is 11.2 Å². The number of unbranched alkanes of at least 4 members (excludes halogenated alkanes) is 1. The molecule has 0 saturated heterocycles. The second-order valence-electron chi connectivity index (χ2n) is 7.00. The SMILES string of the molecule is CCCCOC(=O)C1CC2(O)c3ccccc3C1(O)c1ccccc12. The van der Waals surface area contributed by atoms with E-state index in [1.807, 2.05) is 43.3 Å². The molecule has 0 saturated carbocycles. The van der Waals surface area contributed by atoms with Gasteiger partial charge in [-0.25, -0.2) is 0 Å². The molecule has 0 aromatic heterocycles. The summed E-state index contributed by atoms with van der Waals surface area (Å²) < 4.78 is 5.40. The molecule has 0 aliphatic heterocycles. The Morgan fingerprint density at radius 3 is 2.08 bits per heavy atom. The average Bonchev–Trinajstić information content (AvgIpc) is 2.64. The molecule has 130 valence electrons. The van der Waals surface area contributed by atoms with Gasteiger partial charge >= 0.3 is 5.97 Å². The fraction of sp³-hybridized carbons (Fsp3) is 0.381. The standard InChI is InChI=1S/C21H22O4/c1-2-3-12-25-19(22)18-13-20(23)14-8-4-6-10-16(14)21(18,24)17-11-7-5-9-15(17)20/h4-11,18,23-24H,2-3,12-13H2,1H3. The summed E-state index contributed by atoms with van der Waals surface area (Å²) in [6, 6.07) is 14.6. The van der Waals surface area contributed by atoms with Crippen LogP contribution in [0.4, 0.5) is 0 Å². The molecule has 3 aliphatic rings. The summed E-state index contributed by atoms with van der Waals surface area (Å²) in [5.41, 5.74) is -0.213. The molecule has 1 atom stereocenters. The van der Waals surface area contributed by atoms with Gasteiger partial charge in [0, 0.05) is 6.42 Å². The van der Waals surface area contributed by atoms with Crippen molar-refractivity contribution in [2.45, 2.75) is 37.4 Å². The van der Waals surface area contributed by atoms with Gasteiger partial charge in [-0.05, 0) is 28.7 Å². The predicted octanol–water partition coefficient (Wildman–Crippen LogP) is 2.84. The summed E-state index contributed by atoms with van der Waals surface area (Å²) in [5, 5.41) is 23.2. The van der Waals surface area contributed by atoms with Crippen molar-refractivity contribution < 1.29 is 19.7 Å². The highest BCUT2D eigenvalue weighted by atomic mass is 16.5. The van der Waals surface area contributed by atoms with Crippen LogP contribution in [0.1, 0.15) is 48.4 Å². The van der Waals surface area contributed by atoms with Crippen LogP contribution in [0.2, 0.25) is 0 Å². The predicted molar refractivity (Wildman–Crippen MR) is 92.9 cm³/mol. The molecule has 4 heteroatoms. The molecule has 2 aromatic rings. The second kappa shape index (κ2) is 5.68. The Hall–Kier alpha value is -2.17. The lowest BCUT2D eigenvalue weighted by Crippen LogP contribution is -2.57. The largest absolute Gasteiger partial charge is 0.465 e. The molecule has 2 N–H and O–H groups in total. The van der Waals surface area contributed by atoms with Crippen LogP contribution in [-0.4, -0.2) is 22.8 Å². The summed E-state index contributed by atoms with van der Waals surface area (Å²) in [5.74, 6) is -1.27. The third-order valence-electron chi connectivity index (χ3n) is 5.60. The van der Waals surface area contributed by atoms with E-state index >= 15 is 0 Å². The Morgan fingerprint density at radius 1 is 1.04 bits per heavy atom. The minimum atomic E-state index is -1.47. The van der Waals surface area contributed by atoms with Crippen molar-refractivity contribution in [3.8, 4) is 0 Å². The van der Waals surface area contributed by atoms with E-state index in [4.69, 9.17) is 4.74 Å². The molecule has 1 unspecified atom stereocenters. The van der Waals surface area contributed by atoms with Gasteiger partial charge in [-0.2, -0.15) is 0 Å². The number of carbonyl (C=O) groups is 1. The summed E-state index contributed by atoms with van der Waals surface area (Å²) >= 11 is 0. The molecule has 0 fully saturated rings. The molecule has 25 heavy (non-hydrogen) atoms. The molecule has 0 amide bonds. The van der Waals surface area contributed by atoms with E-state index in [-0.39, 0.29) is 6.42 Å². The number of rotatable bonds is 4. The number of aliphatic hydroxyl groups is 2. The van der Waals surface area contributed by atoms with Crippen LogP contribution in [0.5, 0.6) is 0 Å². The number of fused-ring (bicyclic) bond motifs is 1. The van der Waals surface area contributed by atoms with Crippen LogP contribution in [0, 0.1) is 5.92 Å². The lowest BCUT2D eigenvalue weighted by molar-refractivity contribution is -0.167. The summed E-state index contributed by atoms with van der Waals surface area (Å²) in [6.45, 7) is 2.36. The van der Waals surface area contributed by atoms with E-state index in [0.29, 0.717) is 28.9 Å². The van der Waals surface area contributed by atoms with Crippen molar-refractivity contribution in [1.82, 2.24) is 0 Å². The van der Waals surface area contributed by atoms with Crippen LogP contribution < -0.4 is 0 Å². The zero-order valence-corrected chi connectivity index (χ0v) is 14.2. The maximum absolute atomic E-state index is 12.7. The lowest BCUT2D eigenvalue weighted by atomic mass is 9.54. The Kier molecular flexibility index (Phi) is 3.71. The maximum atomic E-state index is 12.7. The quantitative estimate of drug-likeness (QED) is 0.664. The Morgan fingerprint density at radius 2 is 1.56 bits per heavy atom. The number of hydrogen-bond donors (Lipinski definition) is 2. The molecule has 0 radical (unpaired) electrons. The monoisotopic (exact) mass is 338 g/mol. The normalized spacial score (nSPS) is 29.0. The van der Waals surface area contributed by atoms with E-state index < -0.39 is 23.1 Å². The van der Waals surface area contributed by atoms with Gasteiger partial charge in [-0.1, -0.05) is 61.9 Å². The fourth-order valence-corrected chi connectivity index (χ4v) is 4.35. The van der Waals surface area contributed by atoms with Crippen molar-refractivity contribution in [3.63, 3.8) is 0 Å². The highest BCUT2D eigenvalue weighted by Gasteiger charge is 2.62. The molecule has 3 aliphatic carbocycles. The van der Waals surface area contributed by atoms with Crippen molar-refractivity contribution in [3.05, 3.63) is 70.8 Å². The number of benzene rings is 2. The van der Waals surface area contributed by atoms with Crippen molar-refractivity contribution in [2.24, 2.45) is 5.92 Å². The van der Waals surface area contributed by atoms with Crippen LogP contribution in [-0.2, 0) is 20.7 Å². The number of ether oxygens (including phenoxy) is 1. The average molecular weight is 338 g/mol. The van der Waals surface area contributed by atoms with E-state index in [0.717, 1.165) is 12.8 Å². The molecule has 0 heterocycles. The Bertz CT molecular complexity index is 779. The summed E-state index contributed by atoms with van der Waals surface area (Å²) in [4.78, 5) is 12.7. The minimum absolute atomic E-state index is 0.127. The molecular weight excluding hydrogens is 316 g/mol. The number of hydrogen-bond acceptors (Lipinski definition) is 4. The zero-order valence-electron chi connectivity index (χ0n) is 14.2. The van der Waals surface area contributed by atoms with Crippen molar-refractivity contribution >= 4 is 5.97 Å². The molecular formula is C21H22O4. The zero-order chi connectivity index (χ0) is 17.7. The van der Waals surface area contributed by atoms with Gasteiger partial charge in [0.25, 0.3) is 0 Å². The van der Waals surface area contributed by atoms with E-state index in [1.54, 1.807) is 12.1 Å². The van der Waals surface area contributed by atoms with Crippen LogP contribution in [0.25, 0.3) is 0 Å². The van der Waals surface area contributed by atoms with Crippen molar-refractivity contribution in [1.29, 1.82) is 0 Å². The smallest absolute Gasteiger partial charge is 0.312 e. The summed E-state index contributed by atoms with van der Waals surface area (Å²) in [6.07, 6.45) is 1.84. The molecule has 2 aromatic carbocycles. The second-order valence-corrected chi connectivity index (χ2v) is 7.00. The van der Waals surface area contributed by atoms with Crippen LogP contribution in [0.15, 0.2) is 48.5 Å². The third kappa shape index (κ3) is 2.11. The van der Waals surface area contributed by atoms with E-state index in [2.05, 4.69) is 0 Å². The van der Waals surface area contributed by atoms with Gasteiger partial charge in [0.2, 0.25) is 0 Å². The Balaban J connectivity index is 1.87. The van der Waals surface area contributed by atoms with Gasteiger partial charge < -0.3 is 14.9 Å². The van der Waals surface area contributed by atoms with Gasteiger partial charge in [-0.3, -0.25) is 4.79 Å². The first-order valence-corrected chi connectivity index (χ1v) is 8.85. The molecule has 0 spiro atoms. The first-order chi connectivity index (χ1) is 12.0. The Labute approximate surface area is 147 Å². The van der Waals surface area contributed by atoms with Gasteiger partial charge in [-0.15, -0.1) is 0 Å². The highest BCUT2D eigenvalue weighted by molar-refractivity contribution is 5.79. The van der Waals surface area contributed by atoms with E-state index in [1.165, 1.54) is 0 Å². The number of carbonyl (C=O) groups excluding carboxylic acids is 1. The topological polar surface area (TPSA) is 66.8 Å². The minimum Gasteiger partial charge on any atom is -0.465 e. The molecule has 4 nitrogen and oxygen atoms in total. The summed E-state index contributed by atoms with van der Waals surface area (Å²) in [7, 11) is 0. The van der Waals surface area contributed by atoms with Crippen molar-refractivity contribution in [2.75, 3.05) is 6.61 Å². The number of esters is 1. The molecule has 2 bridgehead atoms. The lowest BCUT2D eigenvalue weighted by Gasteiger charge is -2.53. The fourth-order valence-electron chi connectivity index (χ4n) is 4.35. The first-order valence-electron chi connectivity index (χ1n) is 8.85. The highest BCUT2D eigenvalue weighted by Crippen LogP contribution is 2.59. The van der Waals surface area contributed by atoms with Gasteiger partial charge in [0.15, 0.2) is 0 Å². The maximum Gasteiger partial charge on any atom is 0.312 e. The first kappa shape index (κ1) is 16.3. The van der Waals surface area contributed by atoms with E-state index in [9.17, 15) is 15.0 Å².